The van der Waals surface area contributed by atoms with Crippen LogP contribution in [-0.4, -0.2) is 68.2 Å². The molecule has 4 rings (SSSR count). The first-order valence-corrected chi connectivity index (χ1v) is 9.46. The second-order valence-corrected chi connectivity index (χ2v) is 7.77. The van der Waals surface area contributed by atoms with E-state index in [2.05, 4.69) is 34.4 Å². The molecule has 0 fully saturated rings. The Kier molecular flexibility index (Phi) is 4.66. The van der Waals surface area contributed by atoms with E-state index in [0.717, 1.165) is 29.0 Å². The molecule has 0 aromatic rings. The summed E-state index contributed by atoms with van der Waals surface area (Å²) >= 11 is 6.26. The smallest absolute Gasteiger partial charge is 0.249 e. The van der Waals surface area contributed by atoms with Gasteiger partial charge in [-0.25, -0.2) is 0 Å². The van der Waals surface area contributed by atoms with Gasteiger partial charge in [0.2, 0.25) is 5.91 Å². The minimum atomic E-state index is -0.264. The summed E-state index contributed by atoms with van der Waals surface area (Å²) in [4.78, 5) is 21.8. The largest absolute Gasteiger partial charge is 0.363 e. The van der Waals surface area contributed by atoms with Gasteiger partial charge >= 0.3 is 0 Å². The van der Waals surface area contributed by atoms with E-state index in [1.54, 1.807) is 6.21 Å². The van der Waals surface area contributed by atoms with Crippen molar-refractivity contribution < 1.29 is 4.79 Å². The average Bonchev–Trinajstić information content (AvgIpc) is 2.92. The number of amides is 1. The summed E-state index contributed by atoms with van der Waals surface area (Å²) in [6.45, 7) is 1.40. The number of hydrogen-bond acceptors (Lipinski definition) is 4. The minimum absolute atomic E-state index is 0.0634. The third-order valence-corrected chi connectivity index (χ3v) is 5.49. The van der Waals surface area contributed by atoms with Crippen LogP contribution in [0.1, 0.15) is 0 Å². The molecular formula is C21H23ClN4O. The molecule has 0 spiro atoms. The van der Waals surface area contributed by atoms with Crippen molar-refractivity contribution in [2.24, 2.45) is 4.99 Å². The topological polar surface area (TPSA) is 47.9 Å². The quantitative estimate of drug-likeness (QED) is 0.810. The lowest BCUT2D eigenvalue weighted by Crippen LogP contribution is -2.37. The van der Waals surface area contributed by atoms with E-state index in [-0.39, 0.29) is 18.0 Å². The molecule has 0 radical (unpaired) electrons. The number of halogens is 1. The first kappa shape index (κ1) is 18.0. The van der Waals surface area contributed by atoms with Crippen LogP contribution in [0.3, 0.4) is 0 Å². The number of rotatable bonds is 4. The molecule has 4 aliphatic rings. The molecule has 0 saturated heterocycles. The first-order valence-electron chi connectivity index (χ1n) is 9.08. The van der Waals surface area contributed by atoms with Crippen LogP contribution in [0.2, 0.25) is 0 Å². The SMILES string of the molecule is CN(C)CCNC(=O)C1=CC2=C3C=C(Cl)C=CC3N(C)C2=C2C=CC=NC12. The molecule has 140 valence electrons. The number of dihydropyridines is 1. The van der Waals surface area contributed by atoms with Gasteiger partial charge in [-0.15, -0.1) is 0 Å². The fraction of sp³-hybridized carbons (Fsp3) is 0.333. The Hall–Kier alpha value is -2.37. The molecule has 2 aliphatic heterocycles. The van der Waals surface area contributed by atoms with Crippen LogP contribution in [0.15, 0.2) is 74.5 Å². The fourth-order valence-electron chi connectivity index (χ4n) is 3.95. The lowest BCUT2D eigenvalue weighted by molar-refractivity contribution is -0.117. The number of nitrogens with one attached hydrogen (secondary N) is 1. The maximum absolute atomic E-state index is 12.9. The van der Waals surface area contributed by atoms with Gasteiger partial charge in [0.1, 0.15) is 6.04 Å². The molecule has 0 aromatic carbocycles. The van der Waals surface area contributed by atoms with Crippen LogP contribution in [0.25, 0.3) is 0 Å². The first-order chi connectivity index (χ1) is 13.0. The second kappa shape index (κ2) is 6.98. The van der Waals surface area contributed by atoms with Crippen LogP contribution in [-0.2, 0) is 4.79 Å². The Labute approximate surface area is 164 Å². The number of carbonyl (C=O) groups excluding carboxylic acids is 1. The number of nitrogens with zero attached hydrogens (tertiary/aromatic N) is 3. The van der Waals surface area contributed by atoms with Gasteiger partial charge in [0.25, 0.3) is 0 Å². The lowest BCUT2D eigenvalue weighted by Gasteiger charge is -2.31. The second-order valence-electron chi connectivity index (χ2n) is 7.34. The van der Waals surface area contributed by atoms with Crippen molar-refractivity contribution in [3.8, 4) is 0 Å². The highest BCUT2D eigenvalue weighted by molar-refractivity contribution is 6.31. The molecule has 1 N–H and O–H groups in total. The van der Waals surface area contributed by atoms with Gasteiger partial charge in [-0.3, -0.25) is 9.79 Å². The van der Waals surface area contributed by atoms with Crippen LogP contribution < -0.4 is 5.32 Å². The van der Waals surface area contributed by atoms with Crippen LogP contribution in [0.4, 0.5) is 0 Å². The van der Waals surface area contributed by atoms with E-state index in [1.807, 2.05) is 43.3 Å². The number of fused-ring (bicyclic) bond motifs is 3. The highest BCUT2D eigenvalue weighted by Gasteiger charge is 2.40. The summed E-state index contributed by atoms with van der Waals surface area (Å²) in [5.74, 6) is -0.0634. The number of hydrogen-bond donors (Lipinski definition) is 1. The number of allylic oxidation sites excluding steroid dienone is 4. The molecule has 6 heteroatoms. The monoisotopic (exact) mass is 382 g/mol. The van der Waals surface area contributed by atoms with Crippen molar-refractivity contribution in [1.29, 1.82) is 0 Å². The Morgan fingerprint density at radius 1 is 1.30 bits per heavy atom. The maximum Gasteiger partial charge on any atom is 0.249 e. The van der Waals surface area contributed by atoms with E-state index < -0.39 is 0 Å². The number of carbonyl (C=O) groups is 1. The molecular weight excluding hydrogens is 360 g/mol. The summed E-state index contributed by atoms with van der Waals surface area (Å²) in [5, 5.41) is 3.73. The predicted octanol–water partition coefficient (Wildman–Crippen LogP) is 2.17. The van der Waals surface area contributed by atoms with Crippen LogP contribution in [0.5, 0.6) is 0 Å². The van der Waals surface area contributed by atoms with Crippen LogP contribution in [0, 0.1) is 0 Å². The highest BCUT2D eigenvalue weighted by Crippen LogP contribution is 2.44. The number of aliphatic imine (C=N–C) groups is 1. The summed E-state index contributed by atoms with van der Waals surface area (Å²) < 4.78 is 0. The Morgan fingerprint density at radius 2 is 2.11 bits per heavy atom. The Morgan fingerprint density at radius 3 is 2.89 bits per heavy atom. The highest BCUT2D eigenvalue weighted by atomic mass is 35.5. The molecule has 2 heterocycles. The summed E-state index contributed by atoms with van der Waals surface area (Å²) in [5.41, 5.74) is 5.08. The third kappa shape index (κ3) is 3.11. The predicted molar refractivity (Wildman–Crippen MR) is 110 cm³/mol. The van der Waals surface area contributed by atoms with Crippen molar-refractivity contribution in [2.45, 2.75) is 12.1 Å². The van der Waals surface area contributed by atoms with Crippen molar-refractivity contribution in [3.63, 3.8) is 0 Å². The lowest BCUT2D eigenvalue weighted by atomic mass is 9.85. The number of likely N-dealkylation sites (N-methyl/N-ethyl adjacent to an activating group) is 2. The van der Waals surface area contributed by atoms with Crippen molar-refractivity contribution in [1.82, 2.24) is 15.1 Å². The zero-order chi connectivity index (χ0) is 19.1. The Balaban J connectivity index is 1.75. The molecule has 0 aromatic heterocycles. The van der Waals surface area contributed by atoms with Gasteiger partial charge < -0.3 is 15.1 Å². The fourth-order valence-corrected chi connectivity index (χ4v) is 4.14. The molecule has 5 nitrogen and oxygen atoms in total. The van der Waals surface area contributed by atoms with Crippen LogP contribution >= 0.6 is 11.6 Å². The van der Waals surface area contributed by atoms with Gasteiger partial charge in [-0.05, 0) is 44.0 Å². The van der Waals surface area contributed by atoms with E-state index >= 15 is 0 Å². The van der Waals surface area contributed by atoms with Gasteiger partial charge in [-0.2, -0.15) is 0 Å². The van der Waals surface area contributed by atoms with Crippen molar-refractivity contribution in [3.05, 3.63) is 69.5 Å². The van der Waals surface area contributed by atoms with E-state index in [1.165, 1.54) is 0 Å². The standard InChI is InChI=1S/C21H23ClN4O/c1-25(2)10-9-24-21(27)17-12-16-15-11-13(22)6-7-18(15)26(3)20(16)14-5-4-8-23-19(14)17/h4-8,11-12,18-19H,9-10H2,1-3H3,(H,24,27). The van der Waals surface area contributed by atoms with E-state index in [9.17, 15) is 4.79 Å². The molecule has 2 atom stereocenters. The molecule has 2 aliphatic carbocycles. The maximum atomic E-state index is 12.9. The summed E-state index contributed by atoms with van der Waals surface area (Å²) in [6.07, 6.45) is 13.8. The van der Waals surface area contributed by atoms with Gasteiger partial charge in [0.15, 0.2) is 0 Å². The Bertz CT molecular complexity index is 901. The molecule has 0 saturated carbocycles. The van der Waals surface area contributed by atoms with Gasteiger partial charge in [0.05, 0.1) is 11.7 Å². The summed E-state index contributed by atoms with van der Waals surface area (Å²) in [6, 6.07) is -0.128. The molecule has 27 heavy (non-hydrogen) atoms. The average molecular weight is 383 g/mol. The zero-order valence-corrected chi connectivity index (χ0v) is 16.5. The van der Waals surface area contributed by atoms with Crippen molar-refractivity contribution >= 4 is 23.7 Å². The normalized spacial score (nSPS) is 25.4. The van der Waals surface area contributed by atoms with Gasteiger partial charge in [0, 0.05) is 48.1 Å². The zero-order valence-electron chi connectivity index (χ0n) is 15.7. The molecule has 0 bridgehead atoms. The van der Waals surface area contributed by atoms with Crippen molar-refractivity contribution in [2.75, 3.05) is 34.2 Å². The van der Waals surface area contributed by atoms with E-state index in [4.69, 9.17) is 11.6 Å². The van der Waals surface area contributed by atoms with Gasteiger partial charge in [-0.1, -0.05) is 23.8 Å². The minimum Gasteiger partial charge on any atom is -0.363 e. The summed E-state index contributed by atoms with van der Waals surface area (Å²) in [7, 11) is 6.06. The van der Waals surface area contributed by atoms with E-state index in [0.29, 0.717) is 17.2 Å². The molecule has 2 unspecified atom stereocenters. The molecule has 1 amide bonds. The third-order valence-electron chi connectivity index (χ3n) is 5.25.